The van der Waals surface area contributed by atoms with Gasteiger partial charge in [0, 0.05) is 44.0 Å². The number of benzene rings is 1. The quantitative estimate of drug-likeness (QED) is 0.0788. The molecule has 4 unspecified atom stereocenters. The number of nitrogens with zero attached hydrogens (tertiary/aromatic N) is 3. The molecule has 1 saturated heterocycles. The van der Waals surface area contributed by atoms with Gasteiger partial charge >= 0.3 is 6.09 Å². The molecule has 1 aromatic rings. The van der Waals surface area contributed by atoms with Crippen LogP contribution in [-0.4, -0.2) is 72.5 Å². The number of ether oxygens (including phenoxy) is 1. The Morgan fingerprint density at radius 3 is 2.28 bits per heavy atom. The molecule has 5 atom stereocenters. The van der Waals surface area contributed by atoms with Crippen molar-refractivity contribution in [3.8, 4) is 0 Å². The molecule has 1 heterocycles. The Morgan fingerprint density at radius 2 is 1.70 bits per heavy atom. The van der Waals surface area contributed by atoms with E-state index in [4.69, 9.17) is 15.5 Å². The minimum atomic E-state index is -0.651. The molecular formula is C45H72N6O3. The standard InChI is InChI=1S/C45H72N6O3/c1-11-18-37(31(4)47-29-39(46)48-40(32(5)50(9)10)34-19-14-12-15-20-34)38(28-33-23-24-33)42-36(27-30(2)3)25-26-51(42)43(52)41(35-21-16-13-17-22-35)49-44(53)54-45(6,7)8/h12,14-15,18-20,30,33,35-36,38,40-42,47H,4-5,11,13,16-17,21-29H2,1-3,6-10H3,(H2,46,48)(H,49,53)/t36-,38?,40?,41?,42?/m1/s1. The van der Waals surface area contributed by atoms with Crippen LogP contribution in [0.4, 0.5) is 4.79 Å². The lowest BCUT2D eigenvalue weighted by Gasteiger charge is -2.41. The molecule has 0 aromatic heterocycles. The first-order valence-electron chi connectivity index (χ1n) is 20.8. The predicted octanol–water partition coefficient (Wildman–Crippen LogP) is 8.75. The number of likely N-dealkylation sites (N-methyl/N-ethyl adjacent to an activating group) is 1. The lowest BCUT2D eigenvalue weighted by molar-refractivity contribution is -0.137. The number of carbonyl (C=O) groups is 2. The molecule has 2 aliphatic carbocycles. The summed E-state index contributed by atoms with van der Waals surface area (Å²) >= 11 is 0. The summed E-state index contributed by atoms with van der Waals surface area (Å²) in [4.78, 5) is 37.4. The van der Waals surface area contributed by atoms with E-state index in [0.29, 0.717) is 36.7 Å². The van der Waals surface area contributed by atoms with Crippen molar-refractivity contribution < 1.29 is 14.3 Å². The normalized spacial score (nSPS) is 21.7. The Balaban J connectivity index is 1.65. The molecule has 9 nitrogen and oxygen atoms in total. The van der Waals surface area contributed by atoms with Gasteiger partial charge in [0.1, 0.15) is 23.5 Å². The summed E-state index contributed by atoms with van der Waals surface area (Å²) < 4.78 is 5.73. The molecule has 0 bridgehead atoms. The summed E-state index contributed by atoms with van der Waals surface area (Å²) in [6, 6.07) is 9.21. The highest BCUT2D eigenvalue weighted by molar-refractivity contribution is 5.87. The summed E-state index contributed by atoms with van der Waals surface area (Å²) in [7, 11) is 3.95. The van der Waals surface area contributed by atoms with Gasteiger partial charge < -0.3 is 30.9 Å². The molecule has 4 rings (SSSR count). The summed E-state index contributed by atoms with van der Waals surface area (Å²) in [6.45, 7) is 22.3. The highest BCUT2D eigenvalue weighted by atomic mass is 16.6. The Labute approximate surface area is 327 Å². The number of alkyl carbamates (subject to hydrolysis) is 1. The molecule has 3 aliphatic rings. The lowest BCUT2D eigenvalue weighted by atomic mass is 9.76. The van der Waals surface area contributed by atoms with Gasteiger partial charge in [-0.15, -0.1) is 0 Å². The van der Waals surface area contributed by atoms with Gasteiger partial charge in [0.05, 0.1) is 6.54 Å². The van der Waals surface area contributed by atoms with Crippen molar-refractivity contribution in [2.24, 2.45) is 40.3 Å². The Morgan fingerprint density at radius 1 is 1.04 bits per heavy atom. The Kier molecular flexibility index (Phi) is 15.7. The molecular weight excluding hydrogens is 673 g/mol. The largest absolute Gasteiger partial charge is 0.444 e. The van der Waals surface area contributed by atoms with Crippen molar-refractivity contribution in [2.75, 3.05) is 27.2 Å². The monoisotopic (exact) mass is 745 g/mol. The van der Waals surface area contributed by atoms with Crippen LogP contribution in [-0.2, 0) is 9.53 Å². The molecule has 0 spiro atoms. The van der Waals surface area contributed by atoms with Crippen LogP contribution < -0.4 is 16.4 Å². The van der Waals surface area contributed by atoms with Gasteiger partial charge in [0.2, 0.25) is 5.91 Å². The average molecular weight is 745 g/mol. The highest BCUT2D eigenvalue weighted by Crippen LogP contribution is 2.46. The number of amides is 2. The third kappa shape index (κ3) is 12.4. The molecule has 4 N–H and O–H groups in total. The average Bonchev–Trinajstić information content (AvgIpc) is 3.86. The van der Waals surface area contributed by atoms with Crippen molar-refractivity contribution in [1.29, 1.82) is 0 Å². The van der Waals surface area contributed by atoms with Crippen LogP contribution in [0.15, 0.2) is 71.5 Å². The van der Waals surface area contributed by atoms with Crippen molar-refractivity contribution in [3.05, 3.63) is 72.1 Å². The van der Waals surface area contributed by atoms with Crippen molar-refractivity contribution >= 4 is 17.8 Å². The maximum atomic E-state index is 15.0. The minimum absolute atomic E-state index is 0.000248. The molecule has 0 radical (unpaired) electrons. The van der Waals surface area contributed by atoms with E-state index in [1.807, 2.05) is 58.0 Å². The van der Waals surface area contributed by atoms with E-state index in [-0.39, 0.29) is 29.8 Å². The van der Waals surface area contributed by atoms with Crippen LogP contribution in [0.5, 0.6) is 0 Å². The number of nitrogens with two attached hydrogens (primary N) is 1. The third-order valence-electron chi connectivity index (χ3n) is 11.4. The van der Waals surface area contributed by atoms with Gasteiger partial charge in [-0.05, 0) is 94.1 Å². The van der Waals surface area contributed by atoms with Gasteiger partial charge in [-0.3, -0.25) is 9.79 Å². The number of nitrogens with one attached hydrogen (secondary N) is 2. The number of hydrogen-bond acceptors (Lipinski definition) is 6. The first-order chi connectivity index (χ1) is 25.6. The zero-order chi connectivity index (χ0) is 39.6. The van der Waals surface area contributed by atoms with Crippen molar-refractivity contribution in [1.82, 2.24) is 20.4 Å². The number of hydrogen-bond donors (Lipinski definition) is 3. The highest BCUT2D eigenvalue weighted by Gasteiger charge is 2.47. The summed E-state index contributed by atoms with van der Waals surface area (Å²) in [5.74, 6) is 2.18. The van der Waals surface area contributed by atoms with E-state index in [1.54, 1.807) is 0 Å². The Bertz CT molecular complexity index is 1470. The second-order valence-corrected chi connectivity index (χ2v) is 17.7. The van der Waals surface area contributed by atoms with Gasteiger partial charge in [-0.25, -0.2) is 4.79 Å². The second-order valence-electron chi connectivity index (χ2n) is 17.7. The van der Waals surface area contributed by atoms with Crippen LogP contribution >= 0.6 is 0 Å². The van der Waals surface area contributed by atoms with E-state index in [1.165, 1.54) is 24.8 Å². The topological polar surface area (TPSA) is 112 Å². The fourth-order valence-electron chi connectivity index (χ4n) is 8.62. The van der Waals surface area contributed by atoms with Crippen LogP contribution in [0.1, 0.15) is 124 Å². The summed E-state index contributed by atoms with van der Waals surface area (Å²) in [5, 5.41) is 6.68. The van der Waals surface area contributed by atoms with Crippen molar-refractivity contribution in [3.63, 3.8) is 0 Å². The predicted molar refractivity (Wildman–Crippen MR) is 223 cm³/mol. The summed E-state index contributed by atoms with van der Waals surface area (Å²) in [6.07, 6.45) is 13.3. The van der Waals surface area contributed by atoms with Crippen LogP contribution in [0.25, 0.3) is 0 Å². The number of aliphatic imine (C=N–C) groups is 1. The first-order valence-corrected chi connectivity index (χ1v) is 20.8. The second kappa shape index (κ2) is 19.7. The maximum Gasteiger partial charge on any atom is 0.408 e. The van der Waals surface area contributed by atoms with Gasteiger partial charge in [-0.2, -0.15) is 0 Å². The molecule has 2 saturated carbocycles. The fraction of sp³-hybridized carbons (Fsp3) is 0.667. The SMILES string of the molecule is C=C(NCC(N)=NC(C(=C)N(C)C)c1ccccc1)C(=CCC)C(CC1CC1)C1[C@@H](CC(C)C)CCN1C(=O)C(NC(=O)OC(C)(C)C)C1CCCCC1. The van der Waals surface area contributed by atoms with E-state index in [2.05, 4.69) is 67.7 Å². The third-order valence-corrected chi connectivity index (χ3v) is 11.4. The molecule has 1 aliphatic heterocycles. The number of likely N-dealkylation sites (tertiary alicyclic amines) is 1. The Hall–Kier alpha value is -3.75. The molecule has 300 valence electrons. The maximum absolute atomic E-state index is 15.0. The molecule has 54 heavy (non-hydrogen) atoms. The number of allylic oxidation sites excluding steroid dienone is 2. The number of amidine groups is 1. The molecule has 2 amide bonds. The van der Waals surface area contributed by atoms with Gasteiger partial charge in [0.25, 0.3) is 0 Å². The van der Waals surface area contributed by atoms with Crippen LogP contribution in [0.2, 0.25) is 0 Å². The van der Waals surface area contributed by atoms with Crippen LogP contribution in [0.3, 0.4) is 0 Å². The van der Waals surface area contributed by atoms with Gasteiger partial charge in [-0.1, -0.05) is 102 Å². The smallest absolute Gasteiger partial charge is 0.408 e. The molecule has 1 aromatic carbocycles. The zero-order valence-corrected chi connectivity index (χ0v) is 34.8. The first kappa shape index (κ1) is 43.0. The molecule has 9 heteroatoms. The van der Waals surface area contributed by atoms with Crippen molar-refractivity contribution in [2.45, 2.75) is 136 Å². The summed E-state index contributed by atoms with van der Waals surface area (Å²) in [5.41, 5.74) is 9.89. The van der Waals surface area contributed by atoms with E-state index >= 15 is 4.79 Å². The minimum Gasteiger partial charge on any atom is -0.444 e. The number of carbonyl (C=O) groups excluding carboxylic acids is 2. The molecule has 3 fully saturated rings. The van der Waals surface area contributed by atoms with Gasteiger partial charge in [0.15, 0.2) is 0 Å². The van der Waals surface area contributed by atoms with E-state index in [0.717, 1.165) is 68.3 Å². The fourth-order valence-corrected chi connectivity index (χ4v) is 8.62. The van der Waals surface area contributed by atoms with E-state index < -0.39 is 17.7 Å². The van der Waals surface area contributed by atoms with E-state index in [9.17, 15) is 4.79 Å². The number of rotatable bonds is 18. The van der Waals surface area contributed by atoms with Crippen LogP contribution in [0, 0.1) is 29.6 Å². The lowest BCUT2D eigenvalue weighted by Crippen LogP contribution is -2.56. The zero-order valence-electron chi connectivity index (χ0n) is 34.8.